The molecule has 0 unspecified atom stereocenters. The minimum atomic E-state index is -0.215. The summed E-state index contributed by atoms with van der Waals surface area (Å²) in [6.45, 7) is 4.61. The van der Waals surface area contributed by atoms with E-state index in [4.69, 9.17) is 14.2 Å². The molecular formula is C23H28N4O5. The van der Waals surface area contributed by atoms with E-state index in [1.807, 2.05) is 6.92 Å². The van der Waals surface area contributed by atoms with Crippen molar-refractivity contribution in [2.45, 2.75) is 25.8 Å². The molecule has 1 aromatic carbocycles. The number of likely N-dealkylation sites (tertiary alicyclic amines) is 1. The van der Waals surface area contributed by atoms with Crippen LogP contribution in [0, 0.1) is 6.92 Å². The van der Waals surface area contributed by atoms with Crippen LogP contribution in [0.4, 0.5) is 0 Å². The number of aryl methyl sites for hydroxylation is 1. The van der Waals surface area contributed by atoms with Gasteiger partial charge in [0.25, 0.3) is 11.8 Å². The summed E-state index contributed by atoms with van der Waals surface area (Å²) in [6, 6.07) is 6.89. The van der Waals surface area contributed by atoms with Crippen molar-refractivity contribution in [3.05, 3.63) is 47.5 Å². The molecule has 0 bridgehead atoms. The average molecular weight is 441 g/mol. The Morgan fingerprint density at radius 1 is 1.12 bits per heavy atom. The Kier molecular flexibility index (Phi) is 6.84. The molecule has 0 aliphatic carbocycles. The third-order valence-corrected chi connectivity index (χ3v) is 5.82. The highest BCUT2D eigenvalue weighted by molar-refractivity contribution is 5.95. The van der Waals surface area contributed by atoms with Crippen LogP contribution in [0.25, 0.3) is 0 Å². The summed E-state index contributed by atoms with van der Waals surface area (Å²) in [6.07, 6.45) is 3.24. The van der Waals surface area contributed by atoms with Crippen molar-refractivity contribution in [3.63, 3.8) is 0 Å². The van der Waals surface area contributed by atoms with Crippen molar-refractivity contribution in [2.24, 2.45) is 0 Å². The van der Waals surface area contributed by atoms with Crippen LogP contribution in [0.1, 0.15) is 40.8 Å². The van der Waals surface area contributed by atoms with Crippen LogP contribution < -0.4 is 9.47 Å². The molecule has 1 atom stereocenters. The predicted octanol–water partition coefficient (Wildman–Crippen LogP) is 2.01. The number of benzene rings is 1. The van der Waals surface area contributed by atoms with Gasteiger partial charge in [0.2, 0.25) is 0 Å². The van der Waals surface area contributed by atoms with E-state index in [9.17, 15) is 9.59 Å². The Morgan fingerprint density at radius 3 is 2.53 bits per heavy atom. The van der Waals surface area contributed by atoms with Gasteiger partial charge in [0.05, 0.1) is 37.6 Å². The first-order valence-electron chi connectivity index (χ1n) is 10.8. The third kappa shape index (κ3) is 4.83. The van der Waals surface area contributed by atoms with Gasteiger partial charge >= 0.3 is 0 Å². The highest BCUT2D eigenvalue weighted by Gasteiger charge is 2.33. The lowest BCUT2D eigenvalue weighted by molar-refractivity contribution is -0.134. The number of ether oxygens (including phenoxy) is 3. The molecular weight excluding hydrogens is 412 g/mol. The Hall–Kier alpha value is -3.20. The molecule has 2 amide bonds. The van der Waals surface area contributed by atoms with E-state index in [0.29, 0.717) is 55.7 Å². The van der Waals surface area contributed by atoms with Gasteiger partial charge in [-0.05, 0) is 44.0 Å². The fourth-order valence-electron chi connectivity index (χ4n) is 4.03. The van der Waals surface area contributed by atoms with Crippen molar-refractivity contribution in [1.82, 2.24) is 19.8 Å². The van der Waals surface area contributed by atoms with Gasteiger partial charge in [-0.3, -0.25) is 9.59 Å². The van der Waals surface area contributed by atoms with E-state index in [1.54, 1.807) is 47.4 Å². The van der Waals surface area contributed by atoms with Crippen LogP contribution in [-0.4, -0.2) is 78.1 Å². The van der Waals surface area contributed by atoms with Gasteiger partial charge in [-0.2, -0.15) is 0 Å². The summed E-state index contributed by atoms with van der Waals surface area (Å²) in [5.74, 6) is 1.71. The topological polar surface area (TPSA) is 94.1 Å². The molecule has 3 heterocycles. The Morgan fingerprint density at radius 2 is 1.84 bits per heavy atom. The fraction of sp³-hybridized carbons (Fsp3) is 0.478. The van der Waals surface area contributed by atoms with Gasteiger partial charge in [-0.25, -0.2) is 9.97 Å². The fourth-order valence-corrected chi connectivity index (χ4v) is 4.03. The molecule has 2 saturated heterocycles. The largest absolute Gasteiger partial charge is 0.497 e. The van der Waals surface area contributed by atoms with E-state index in [-0.39, 0.29) is 24.5 Å². The molecule has 2 aromatic rings. The molecule has 0 N–H and O–H groups in total. The van der Waals surface area contributed by atoms with Crippen molar-refractivity contribution < 1.29 is 23.8 Å². The summed E-state index contributed by atoms with van der Waals surface area (Å²) in [5.41, 5.74) is 1.12. The second-order valence-electron chi connectivity index (χ2n) is 7.84. The Bertz CT molecular complexity index is 959. The van der Waals surface area contributed by atoms with Crippen molar-refractivity contribution in [1.29, 1.82) is 0 Å². The monoisotopic (exact) mass is 440 g/mol. The molecule has 0 spiro atoms. The maximum absolute atomic E-state index is 12.8. The lowest BCUT2D eigenvalue weighted by Crippen LogP contribution is -2.41. The summed E-state index contributed by atoms with van der Waals surface area (Å²) in [4.78, 5) is 38.2. The Balaban J connectivity index is 1.41. The van der Waals surface area contributed by atoms with Gasteiger partial charge in [0, 0.05) is 25.8 Å². The normalized spacial score (nSPS) is 18.5. The molecule has 2 aliphatic rings. The third-order valence-electron chi connectivity index (χ3n) is 5.82. The maximum atomic E-state index is 12.8. The number of methoxy groups -OCH3 is 1. The first-order valence-corrected chi connectivity index (χ1v) is 10.8. The minimum absolute atomic E-state index is 0.0601. The Labute approximate surface area is 187 Å². The maximum Gasteiger partial charge on any atom is 0.261 e. The second kappa shape index (κ2) is 9.95. The number of hydrogen-bond donors (Lipinski definition) is 0. The van der Waals surface area contributed by atoms with Crippen LogP contribution >= 0.6 is 0 Å². The van der Waals surface area contributed by atoms with Gasteiger partial charge < -0.3 is 24.0 Å². The zero-order chi connectivity index (χ0) is 22.5. The number of morpholine rings is 1. The molecule has 1 aromatic heterocycles. The molecule has 9 heteroatoms. The van der Waals surface area contributed by atoms with Gasteiger partial charge in [-0.1, -0.05) is 0 Å². The first-order chi connectivity index (χ1) is 15.6. The molecule has 4 rings (SSSR count). The summed E-state index contributed by atoms with van der Waals surface area (Å²) >= 11 is 0. The van der Waals surface area contributed by atoms with Crippen molar-refractivity contribution in [2.75, 3.05) is 46.6 Å². The number of carbonyl (C=O) groups excluding carboxylic acids is 2. The smallest absolute Gasteiger partial charge is 0.261 e. The van der Waals surface area contributed by atoms with Crippen LogP contribution in [0.15, 0.2) is 30.5 Å². The lowest BCUT2D eigenvalue weighted by Gasteiger charge is -2.27. The van der Waals surface area contributed by atoms with Crippen LogP contribution in [0.2, 0.25) is 0 Å². The summed E-state index contributed by atoms with van der Waals surface area (Å²) in [5, 5.41) is 0. The SMILES string of the molecule is COc1ccc(OCC(=O)N2CCC[C@H]2c2ncc(C(=O)N3CCOCC3)c(C)n2)cc1. The summed E-state index contributed by atoms with van der Waals surface area (Å²) < 4.78 is 16.1. The van der Waals surface area contributed by atoms with E-state index >= 15 is 0 Å². The van der Waals surface area contributed by atoms with E-state index in [1.165, 1.54) is 0 Å². The summed E-state index contributed by atoms with van der Waals surface area (Å²) in [7, 11) is 1.60. The molecule has 0 saturated carbocycles. The second-order valence-corrected chi connectivity index (χ2v) is 7.84. The predicted molar refractivity (Wildman–Crippen MR) is 116 cm³/mol. The number of nitrogens with zero attached hydrogens (tertiary/aromatic N) is 4. The zero-order valence-electron chi connectivity index (χ0n) is 18.5. The average Bonchev–Trinajstić information content (AvgIpc) is 3.33. The molecule has 2 aliphatic heterocycles. The first kappa shape index (κ1) is 22.0. The standard InChI is InChI=1S/C23H28N4O5/c1-16-19(23(29)26-10-12-31-13-11-26)14-24-22(25-16)20-4-3-9-27(20)21(28)15-32-18-7-5-17(30-2)6-8-18/h5-8,14,20H,3-4,9-13,15H2,1-2H3/t20-/m0/s1. The van der Waals surface area contributed by atoms with E-state index in [0.717, 1.165) is 18.6 Å². The van der Waals surface area contributed by atoms with Crippen LogP contribution in [0.5, 0.6) is 11.5 Å². The molecule has 2 fully saturated rings. The molecule has 0 radical (unpaired) electrons. The lowest BCUT2D eigenvalue weighted by atomic mass is 10.1. The highest BCUT2D eigenvalue weighted by Crippen LogP contribution is 2.30. The van der Waals surface area contributed by atoms with Crippen LogP contribution in [0.3, 0.4) is 0 Å². The number of rotatable bonds is 6. The van der Waals surface area contributed by atoms with Gasteiger partial charge in [0.15, 0.2) is 12.4 Å². The number of hydrogen-bond acceptors (Lipinski definition) is 7. The van der Waals surface area contributed by atoms with Gasteiger partial charge in [-0.15, -0.1) is 0 Å². The highest BCUT2D eigenvalue weighted by atomic mass is 16.5. The van der Waals surface area contributed by atoms with Crippen molar-refractivity contribution in [3.8, 4) is 11.5 Å². The van der Waals surface area contributed by atoms with E-state index < -0.39 is 0 Å². The van der Waals surface area contributed by atoms with Crippen LogP contribution in [-0.2, 0) is 9.53 Å². The van der Waals surface area contributed by atoms with Gasteiger partial charge in [0.1, 0.15) is 11.5 Å². The minimum Gasteiger partial charge on any atom is -0.497 e. The van der Waals surface area contributed by atoms with Crippen molar-refractivity contribution >= 4 is 11.8 Å². The number of carbonyl (C=O) groups is 2. The molecule has 170 valence electrons. The molecule has 9 nitrogen and oxygen atoms in total. The number of amides is 2. The van der Waals surface area contributed by atoms with E-state index in [2.05, 4.69) is 9.97 Å². The zero-order valence-corrected chi connectivity index (χ0v) is 18.5. The quantitative estimate of drug-likeness (QED) is 0.678. The number of aromatic nitrogens is 2. The molecule has 32 heavy (non-hydrogen) atoms.